The van der Waals surface area contributed by atoms with Crippen LogP contribution in [0.5, 0.6) is 0 Å². The van der Waals surface area contributed by atoms with Gasteiger partial charge in [-0.3, -0.25) is 0 Å². The first-order chi connectivity index (χ1) is 15.3. The van der Waals surface area contributed by atoms with Crippen LogP contribution in [0.2, 0.25) is 0 Å². The van der Waals surface area contributed by atoms with Gasteiger partial charge in [0.05, 0.1) is 28.9 Å². The van der Waals surface area contributed by atoms with Gasteiger partial charge in [-0.25, -0.2) is 9.78 Å². The van der Waals surface area contributed by atoms with Gasteiger partial charge < -0.3 is 15.6 Å². The number of benzene rings is 2. The first kappa shape index (κ1) is 20.5. The lowest BCUT2D eigenvalue weighted by atomic mass is 10.1. The van der Waals surface area contributed by atoms with Gasteiger partial charge in [0.25, 0.3) is 0 Å². The zero-order chi connectivity index (χ0) is 21.5. The number of carbonyl (C=O) groups excluding carboxylic acids is 1. The average Bonchev–Trinajstić information content (AvgIpc) is 3.29. The van der Waals surface area contributed by atoms with Crippen LogP contribution in [-0.4, -0.2) is 34.6 Å². The molecule has 1 aromatic heterocycles. The van der Waals surface area contributed by atoms with Gasteiger partial charge in [0.2, 0.25) is 0 Å². The van der Waals surface area contributed by atoms with Gasteiger partial charge in [-0.1, -0.05) is 42.8 Å². The molecule has 0 aliphatic heterocycles. The molecule has 0 unspecified atom stereocenters. The molecule has 0 saturated heterocycles. The maximum absolute atomic E-state index is 11.9. The summed E-state index contributed by atoms with van der Waals surface area (Å²) in [6.07, 6.45) is 8.56. The lowest BCUT2D eigenvalue weighted by molar-refractivity contribution is -0.138. The predicted octanol–water partition coefficient (Wildman–Crippen LogP) is 5.07. The number of fused-ring (bicyclic) bond motifs is 2. The molecule has 4 rings (SSSR count). The van der Waals surface area contributed by atoms with Crippen LogP contribution >= 0.6 is 0 Å². The minimum Gasteiger partial charge on any atom is -0.462 e. The van der Waals surface area contributed by atoms with Crippen molar-refractivity contribution in [3.8, 4) is 0 Å². The van der Waals surface area contributed by atoms with E-state index in [0.717, 1.165) is 59.7 Å². The van der Waals surface area contributed by atoms with Crippen molar-refractivity contribution >= 4 is 39.2 Å². The Bertz CT molecular complexity index is 1170. The van der Waals surface area contributed by atoms with E-state index in [4.69, 9.17) is 15.3 Å². The molecule has 0 fully saturated rings. The van der Waals surface area contributed by atoms with Crippen molar-refractivity contribution in [1.29, 1.82) is 0 Å². The second-order valence-corrected chi connectivity index (χ2v) is 7.46. The number of nitrogens with one attached hydrogen (secondary N) is 1. The second kappa shape index (κ2) is 9.83. The van der Waals surface area contributed by atoms with Crippen molar-refractivity contribution in [1.82, 2.24) is 4.98 Å². The Morgan fingerprint density at radius 2 is 1.61 bits per heavy atom. The second-order valence-electron chi connectivity index (χ2n) is 7.46. The number of hydrogen-bond donors (Lipinski definition) is 1. The zero-order valence-corrected chi connectivity index (χ0v) is 17.3. The molecular weight excluding hydrogens is 388 g/mol. The summed E-state index contributed by atoms with van der Waals surface area (Å²) in [5.74, 6) is -0.381. The van der Waals surface area contributed by atoms with E-state index in [-0.39, 0.29) is 5.97 Å². The molecule has 0 spiro atoms. The van der Waals surface area contributed by atoms with E-state index < -0.39 is 0 Å². The highest BCUT2D eigenvalue weighted by Crippen LogP contribution is 2.30. The van der Waals surface area contributed by atoms with E-state index in [1.807, 2.05) is 36.4 Å². The summed E-state index contributed by atoms with van der Waals surface area (Å²) < 4.78 is 5.27. The third-order valence-corrected chi connectivity index (χ3v) is 5.28. The molecule has 3 aromatic rings. The summed E-state index contributed by atoms with van der Waals surface area (Å²) in [6, 6.07) is 16.4. The van der Waals surface area contributed by atoms with E-state index >= 15 is 0 Å². The van der Waals surface area contributed by atoms with Gasteiger partial charge >= 0.3 is 11.7 Å². The molecule has 0 bridgehead atoms. The molecule has 1 aliphatic carbocycles. The quantitative estimate of drug-likeness (QED) is 0.175. The molecule has 0 saturated carbocycles. The molecule has 6 nitrogen and oxygen atoms in total. The van der Waals surface area contributed by atoms with Crippen LogP contribution in [0.1, 0.15) is 25.7 Å². The van der Waals surface area contributed by atoms with E-state index in [1.165, 1.54) is 6.08 Å². The van der Waals surface area contributed by atoms with E-state index in [1.54, 1.807) is 12.2 Å². The standard InChI is InChI=1S/C25H24N4O2/c26-29-19-14-13-18(17-19)25(30)31-16-8-2-1-7-15-27-24-20-9-3-5-11-22(20)28-23-12-6-4-10-21(23)24/h3-6,9-14,17H,1-2,7-8,15-16H2,(H,27,28). The van der Waals surface area contributed by atoms with Gasteiger partial charge in [0.15, 0.2) is 0 Å². The largest absolute Gasteiger partial charge is 0.462 e. The Hall–Kier alpha value is -3.76. The normalized spacial score (nSPS) is 12.8. The molecule has 156 valence electrons. The maximum atomic E-state index is 11.9. The number of esters is 1. The van der Waals surface area contributed by atoms with Crippen molar-refractivity contribution in [2.24, 2.45) is 0 Å². The fourth-order valence-corrected chi connectivity index (χ4v) is 3.69. The zero-order valence-electron chi connectivity index (χ0n) is 17.3. The summed E-state index contributed by atoms with van der Waals surface area (Å²) in [5, 5.41) is 5.89. The van der Waals surface area contributed by atoms with Gasteiger partial charge in [-0.15, -0.1) is 0 Å². The molecule has 1 heterocycles. The fourth-order valence-electron chi connectivity index (χ4n) is 3.69. The molecule has 6 heteroatoms. The smallest absolute Gasteiger partial charge is 0.338 e. The van der Waals surface area contributed by atoms with E-state index in [0.29, 0.717) is 17.9 Å². The van der Waals surface area contributed by atoms with Gasteiger partial charge in [0, 0.05) is 29.5 Å². The number of hydrogen-bond acceptors (Lipinski definition) is 4. The number of para-hydroxylation sites is 2. The first-order valence-electron chi connectivity index (χ1n) is 10.6. The van der Waals surface area contributed by atoms with E-state index in [2.05, 4.69) is 22.2 Å². The number of unbranched alkanes of at least 4 members (excludes halogenated alkanes) is 3. The maximum Gasteiger partial charge on any atom is 0.338 e. The SMILES string of the molecule is [N-]=[N+]=C1C=CC(C(=O)OCCCCCCNc2c3ccccc3nc3ccccc23)=C1. The van der Waals surface area contributed by atoms with Crippen LogP contribution in [0.3, 0.4) is 0 Å². The van der Waals surface area contributed by atoms with Crippen molar-refractivity contribution in [3.63, 3.8) is 0 Å². The monoisotopic (exact) mass is 412 g/mol. The molecule has 1 N–H and O–H groups in total. The number of rotatable bonds is 9. The minimum atomic E-state index is -0.381. The summed E-state index contributed by atoms with van der Waals surface area (Å²) in [4.78, 5) is 19.7. The number of aromatic nitrogens is 1. The number of allylic oxidation sites excluding steroid dienone is 2. The number of carbonyl (C=O) groups is 1. The number of nitrogens with zero attached hydrogens (tertiary/aromatic N) is 3. The Morgan fingerprint density at radius 1 is 0.935 bits per heavy atom. The molecular formula is C25H24N4O2. The third-order valence-electron chi connectivity index (χ3n) is 5.28. The summed E-state index contributed by atoms with van der Waals surface area (Å²) in [5.41, 5.74) is 12.6. The third kappa shape index (κ3) is 4.87. The Labute approximate surface area is 180 Å². The van der Waals surface area contributed by atoms with Crippen LogP contribution in [-0.2, 0) is 9.53 Å². The predicted molar refractivity (Wildman–Crippen MR) is 123 cm³/mol. The van der Waals surface area contributed by atoms with Gasteiger partial charge in [-0.05, 0) is 37.5 Å². The molecule has 1 aliphatic rings. The summed E-state index contributed by atoms with van der Waals surface area (Å²) in [6.45, 7) is 1.27. The number of anilines is 1. The van der Waals surface area contributed by atoms with E-state index in [9.17, 15) is 4.79 Å². The van der Waals surface area contributed by atoms with Crippen LogP contribution in [0.25, 0.3) is 27.3 Å². The highest BCUT2D eigenvalue weighted by Gasteiger charge is 2.16. The van der Waals surface area contributed by atoms with Crippen molar-refractivity contribution < 1.29 is 14.3 Å². The molecule has 0 atom stereocenters. The lowest BCUT2D eigenvalue weighted by Gasteiger charge is -2.13. The molecule has 31 heavy (non-hydrogen) atoms. The first-order valence-corrected chi connectivity index (χ1v) is 10.6. The van der Waals surface area contributed by atoms with Crippen molar-refractivity contribution in [2.75, 3.05) is 18.5 Å². The van der Waals surface area contributed by atoms with Crippen LogP contribution in [0, 0.1) is 0 Å². The summed E-state index contributed by atoms with van der Waals surface area (Å²) in [7, 11) is 0. The Balaban J connectivity index is 1.23. The minimum absolute atomic E-state index is 0.356. The number of pyridine rings is 1. The van der Waals surface area contributed by atoms with Crippen LogP contribution in [0.15, 0.2) is 72.3 Å². The van der Waals surface area contributed by atoms with Crippen molar-refractivity contribution in [2.45, 2.75) is 25.7 Å². The molecule has 0 radical (unpaired) electrons. The summed E-state index contributed by atoms with van der Waals surface area (Å²) >= 11 is 0. The fraction of sp³-hybridized carbons (Fsp3) is 0.240. The highest BCUT2D eigenvalue weighted by molar-refractivity contribution is 6.11. The molecule has 0 amide bonds. The molecule has 2 aromatic carbocycles. The Kier molecular flexibility index (Phi) is 6.50. The average molecular weight is 412 g/mol. The Morgan fingerprint density at radius 3 is 2.29 bits per heavy atom. The van der Waals surface area contributed by atoms with Crippen LogP contribution in [0.4, 0.5) is 5.69 Å². The van der Waals surface area contributed by atoms with Crippen molar-refractivity contribution in [3.05, 3.63) is 77.9 Å². The highest BCUT2D eigenvalue weighted by atomic mass is 16.5. The topological polar surface area (TPSA) is 87.6 Å². The van der Waals surface area contributed by atoms with Gasteiger partial charge in [-0.2, -0.15) is 4.79 Å². The van der Waals surface area contributed by atoms with Crippen LogP contribution < -0.4 is 5.32 Å². The number of ether oxygens (including phenoxy) is 1. The lowest BCUT2D eigenvalue weighted by Crippen LogP contribution is -2.07. The van der Waals surface area contributed by atoms with Gasteiger partial charge in [0.1, 0.15) is 0 Å².